The number of hydrogen-bond acceptors (Lipinski definition) is 6. The molecule has 4 N–H and O–H groups in total. The fraction of sp³-hybridized carbons (Fsp3) is 0.933. The van der Waals surface area contributed by atoms with E-state index in [0.29, 0.717) is 6.42 Å². The molecular formula is C15H33NaO8S. The number of carboxylic acids is 1. The predicted molar refractivity (Wildman–Crippen MR) is 97.2 cm³/mol. The normalized spacial score (nSPS) is 11.8. The summed E-state index contributed by atoms with van der Waals surface area (Å²) >= 11 is 0. The van der Waals surface area contributed by atoms with Gasteiger partial charge in [0, 0.05) is 6.42 Å². The third-order valence-corrected chi connectivity index (χ3v) is 3.55. The van der Waals surface area contributed by atoms with Crippen LogP contribution in [0.25, 0.3) is 0 Å². The number of aliphatic hydroxyl groups is 2. The number of aliphatic hydroxyl groups excluding tert-OH is 2. The van der Waals surface area contributed by atoms with Gasteiger partial charge in [-0.3, -0.25) is 9.35 Å². The van der Waals surface area contributed by atoms with Crippen molar-refractivity contribution in [1.29, 1.82) is 0 Å². The van der Waals surface area contributed by atoms with Gasteiger partial charge in [0.05, 0.1) is 13.2 Å². The Labute approximate surface area is 173 Å². The van der Waals surface area contributed by atoms with Crippen LogP contribution in [0.4, 0.5) is 0 Å². The van der Waals surface area contributed by atoms with Crippen LogP contribution in [-0.2, 0) is 19.4 Å². The van der Waals surface area contributed by atoms with E-state index >= 15 is 0 Å². The molecule has 0 aromatic rings. The second-order valence-electron chi connectivity index (χ2n) is 5.52. The first-order valence-corrected chi connectivity index (χ1v) is 9.72. The third kappa shape index (κ3) is 32.4. The molecule has 25 heavy (non-hydrogen) atoms. The second kappa shape index (κ2) is 20.6. The van der Waals surface area contributed by atoms with Crippen molar-refractivity contribution in [2.75, 3.05) is 13.2 Å². The molecule has 0 rings (SSSR count). The van der Waals surface area contributed by atoms with Gasteiger partial charge in [0.1, 0.15) is 6.10 Å². The van der Waals surface area contributed by atoms with Crippen LogP contribution in [0.3, 0.4) is 0 Å². The van der Waals surface area contributed by atoms with Gasteiger partial charge >= 0.3 is 45.9 Å². The van der Waals surface area contributed by atoms with Gasteiger partial charge < -0.3 is 15.3 Å². The number of hydrogen-bond donors (Lipinski definition) is 4. The van der Waals surface area contributed by atoms with Gasteiger partial charge in [-0.2, -0.15) is 8.42 Å². The molecule has 0 radical (unpaired) electrons. The Hall–Kier alpha value is 0.260. The summed E-state index contributed by atoms with van der Waals surface area (Å²) in [5, 5.41) is 25.0. The fourth-order valence-corrected chi connectivity index (χ4v) is 2.13. The van der Waals surface area contributed by atoms with Crippen molar-refractivity contribution in [3.63, 3.8) is 0 Å². The van der Waals surface area contributed by atoms with E-state index in [1.54, 1.807) is 0 Å². The number of carboxylic acid groups (broad SMARTS) is 1. The Kier molecular flexibility index (Phi) is 24.7. The van der Waals surface area contributed by atoms with Crippen molar-refractivity contribution >= 4 is 45.9 Å². The Bertz CT molecular complexity index is 389. The van der Waals surface area contributed by atoms with E-state index in [0.717, 1.165) is 12.8 Å². The molecule has 1 atom stereocenters. The molecule has 0 bridgehead atoms. The van der Waals surface area contributed by atoms with Crippen LogP contribution in [0.1, 0.15) is 71.1 Å². The van der Waals surface area contributed by atoms with Crippen LogP contribution in [-0.4, -0.2) is 83.1 Å². The summed E-state index contributed by atoms with van der Waals surface area (Å²) in [5.74, 6) is -0.659. The molecule has 0 aromatic carbocycles. The van der Waals surface area contributed by atoms with Crippen molar-refractivity contribution < 1.29 is 37.3 Å². The summed E-state index contributed by atoms with van der Waals surface area (Å²) in [6.45, 7) is 0.969. The average molecular weight is 396 g/mol. The van der Waals surface area contributed by atoms with Crippen molar-refractivity contribution in [2.24, 2.45) is 0 Å². The standard InChI is InChI=1S/C12H24O2.C3H8O6S.Na.H/c1-2-3-4-5-6-7-8-9-10-11-12(13)14;4-1-3(5)2-9-10(6,7)8;;/h2-11H2,1H3,(H,13,14);3-5H,1-2H2,(H,6,7,8);;. The molecule has 0 saturated heterocycles. The maximum atomic E-state index is 10.2. The number of aliphatic carboxylic acids is 1. The molecule has 10 heteroatoms. The number of unbranched alkanes of at least 4 members (excludes halogenated alkanes) is 8. The number of carbonyl (C=O) groups is 1. The molecule has 0 aliphatic carbocycles. The first-order valence-electron chi connectivity index (χ1n) is 8.35. The van der Waals surface area contributed by atoms with E-state index in [1.807, 2.05) is 0 Å². The quantitative estimate of drug-likeness (QED) is 0.197. The van der Waals surface area contributed by atoms with E-state index in [9.17, 15) is 13.2 Å². The zero-order chi connectivity index (χ0) is 18.8. The Morgan fingerprint density at radius 1 is 1.00 bits per heavy atom. The van der Waals surface area contributed by atoms with E-state index in [1.165, 1.54) is 44.9 Å². The molecule has 0 aromatic heterocycles. The maximum absolute atomic E-state index is 10.2. The molecule has 0 fully saturated rings. The fourth-order valence-electron chi connectivity index (χ4n) is 1.80. The van der Waals surface area contributed by atoms with Crippen LogP contribution in [0.2, 0.25) is 0 Å². The van der Waals surface area contributed by atoms with Crippen molar-refractivity contribution in [2.45, 2.75) is 77.2 Å². The summed E-state index contributed by atoms with van der Waals surface area (Å²) in [6, 6.07) is 0. The van der Waals surface area contributed by atoms with Gasteiger partial charge in [-0.05, 0) is 6.42 Å². The molecule has 0 spiro atoms. The molecule has 0 heterocycles. The van der Waals surface area contributed by atoms with Gasteiger partial charge in [0.15, 0.2) is 0 Å². The number of rotatable bonds is 14. The summed E-state index contributed by atoms with van der Waals surface area (Å²) in [5.41, 5.74) is 0. The van der Waals surface area contributed by atoms with E-state index in [-0.39, 0.29) is 29.6 Å². The molecule has 0 aliphatic rings. The van der Waals surface area contributed by atoms with Crippen molar-refractivity contribution in [3.8, 4) is 0 Å². The topological polar surface area (TPSA) is 141 Å². The summed E-state index contributed by atoms with van der Waals surface area (Å²) < 4.78 is 31.2. The zero-order valence-electron chi connectivity index (χ0n) is 14.4. The van der Waals surface area contributed by atoms with E-state index < -0.39 is 35.7 Å². The minimum absolute atomic E-state index is 0. The van der Waals surface area contributed by atoms with Crippen LogP contribution in [0.15, 0.2) is 0 Å². The summed E-state index contributed by atoms with van der Waals surface area (Å²) in [4.78, 5) is 10.2. The third-order valence-electron chi connectivity index (χ3n) is 3.11. The Balaban J connectivity index is -0.000000392. The monoisotopic (exact) mass is 396 g/mol. The van der Waals surface area contributed by atoms with Gasteiger partial charge in [-0.25, -0.2) is 4.18 Å². The van der Waals surface area contributed by atoms with Crippen molar-refractivity contribution in [1.82, 2.24) is 0 Å². The van der Waals surface area contributed by atoms with Gasteiger partial charge in [-0.15, -0.1) is 0 Å². The molecule has 8 nitrogen and oxygen atoms in total. The van der Waals surface area contributed by atoms with E-state index in [2.05, 4.69) is 11.1 Å². The van der Waals surface area contributed by atoms with Crippen LogP contribution < -0.4 is 0 Å². The Morgan fingerprint density at radius 3 is 1.80 bits per heavy atom. The van der Waals surface area contributed by atoms with E-state index in [4.69, 9.17) is 19.9 Å². The SMILES string of the molecule is CCCCCCCCCCCC(=O)O.O=S(=O)(O)OCC(O)CO.[NaH]. The predicted octanol–water partition coefficient (Wildman–Crippen LogP) is 1.50. The van der Waals surface area contributed by atoms with Gasteiger partial charge in [0.25, 0.3) is 0 Å². The summed E-state index contributed by atoms with van der Waals surface area (Å²) in [6.07, 6.45) is 10.2. The second-order valence-corrected chi connectivity index (χ2v) is 6.61. The Morgan fingerprint density at radius 2 is 1.44 bits per heavy atom. The minimum atomic E-state index is -4.50. The summed E-state index contributed by atoms with van der Waals surface area (Å²) in [7, 11) is -4.50. The first-order chi connectivity index (χ1) is 11.2. The van der Waals surface area contributed by atoms with Gasteiger partial charge in [-0.1, -0.05) is 58.3 Å². The first kappa shape index (κ1) is 30.0. The zero-order valence-corrected chi connectivity index (χ0v) is 15.2. The molecule has 148 valence electrons. The molecule has 0 aliphatic heterocycles. The van der Waals surface area contributed by atoms with Crippen LogP contribution >= 0.6 is 0 Å². The average Bonchev–Trinajstić information content (AvgIpc) is 2.50. The van der Waals surface area contributed by atoms with Crippen LogP contribution in [0, 0.1) is 0 Å². The molecule has 0 saturated carbocycles. The van der Waals surface area contributed by atoms with Crippen LogP contribution in [0.5, 0.6) is 0 Å². The van der Waals surface area contributed by atoms with Crippen molar-refractivity contribution in [3.05, 3.63) is 0 Å². The molecular weight excluding hydrogens is 363 g/mol. The molecule has 0 amide bonds. The molecule has 1 unspecified atom stereocenters. The van der Waals surface area contributed by atoms with Gasteiger partial charge in [0.2, 0.25) is 0 Å².